The molecule has 1 atom stereocenters. The summed E-state index contributed by atoms with van der Waals surface area (Å²) in [6.45, 7) is 5.04. The van der Waals surface area contributed by atoms with E-state index >= 15 is 0 Å². The molecule has 136 valence electrons. The van der Waals surface area contributed by atoms with E-state index in [2.05, 4.69) is 44.0 Å². The zero-order valence-electron chi connectivity index (χ0n) is 15.0. The first-order valence-electron chi connectivity index (χ1n) is 9.42. The molecule has 6 nitrogen and oxygen atoms in total. The number of para-hydroxylation sites is 1. The molecule has 0 spiro atoms. The summed E-state index contributed by atoms with van der Waals surface area (Å²) in [4.78, 5) is 28.2. The van der Waals surface area contributed by atoms with Crippen LogP contribution in [0.2, 0.25) is 0 Å². The topological polar surface area (TPSA) is 52.6 Å². The summed E-state index contributed by atoms with van der Waals surface area (Å²) in [5, 5.41) is 0. The largest absolute Gasteiger partial charge is 0.368 e. The minimum atomic E-state index is 0.0517. The van der Waals surface area contributed by atoms with Gasteiger partial charge >= 0.3 is 0 Å². The summed E-state index contributed by atoms with van der Waals surface area (Å²) in [5.41, 5.74) is 1.24. The second kappa shape index (κ2) is 7.72. The molecule has 2 aromatic rings. The lowest BCUT2D eigenvalue weighted by Crippen LogP contribution is -2.52. The number of rotatable bonds is 3. The Morgan fingerprint density at radius 3 is 2.35 bits per heavy atom. The lowest BCUT2D eigenvalue weighted by Gasteiger charge is -2.39. The van der Waals surface area contributed by atoms with Gasteiger partial charge < -0.3 is 14.7 Å². The van der Waals surface area contributed by atoms with Gasteiger partial charge in [0, 0.05) is 57.3 Å². The molecule has 3 heterocycles. The summed E-state index contributed by atoms with van der Waals surface area (Å²) in [7, 11) is 0. The average Bonchev–Trinajstić information content (AvgIpc) is 2.75. The van der Waals surface area contributed by atoms with Gasteiger partial charge in [-0.2, -0.15) is 0 Å². The number of anilines is 2. The standard InChI is InChI=1S/C20H25N5O/c26-19(17-6-4-11-25(16-17)20-21-9-5-10-22-20)24-14-12-23(13-15-24)18-7-2-1-3-8-18/h1-3,5,7-10,17H,4,6,11-16H2. The molecule has 1 unspecified atom stereocenters. The fourth-order valence-corrected chi connectivity index (χ4v) is 3.90. The third kappa shape index (κ3) is 3.64. The Morgan fingerprint density at radius 2 is 1.62 bits per heavy atom. The molecule has 6 heteroatoms. The maximum atomic E-state index is 13.0. The molecule has 2 saturated heterocycles. The van der Waals surface area contributed by atoms with Crippen molar-refractivity contribution in [2.75, 3.05) is 49.1 Å². The van der Waals surface area contributed by atoms with Crippen LogP contribution in [-0.2, 0) is 4.79 Å². The molecule has 0 radical (unpaired) electrons. The van der Waals surface area contributed by atoms with Crippen molar-refractivity contribution in [3.8, 4) is 0 Å². The molecule has 2 aliphatic rings. The number of aromatic nitrogens is 2. The number of nitrogens with zero attached hydrogens (tertiary/aromatic N) is 5. The first kappa shape index (κ1) is 16.8. The van der Waals surface area contributed by atoms with Crippen LogP contribution in [0.1, 0.15) is 12.8 Å². The lowest BCUT2D eigenvalue weighted by molar-refractivity contribution is -0.136. The van der Waals surface area contributed by atoms with Crippen LogP contribution in [0.25, 0.3) is 0 Å². The molecule has 1 amide bonds. The van der Waals surface area contributed by atoms with E-state index < -0.39 is 0 Å². The summed E-state index contributed by atoms with van der Waals surface area (Å²) >= 11 is 0. The molecule has 1 aromatic carbocycles. The molecule has 4 rings (SSSR count). The van der Waals surface area contributed by atoms with Gasteiger partial charge in [-0.1, -0.05) is 18.2 Å². The fourth-order valence-electron chi connectivity index (χ4n) is 3.90. The van der Waals surface area contributed by atoms with Crippen molar-refractivity contribution < 1.29 is 4.79 Å². The summed E-state index contributed by atoms with van der Waals surface area (Å²) in [5.74, 6) is 1.08. The van der Waals surface area contributed by atoms with Crippen LogP contribution in [0.3, 0.4) is 0 Å². The van der Waals surface area contributed by atoms with E-state index in [1.54, 1.807) is 12.4 Å². The van der Waals surface area contributed by atoms with Crippen molar-refractivity contribution in [1.82, 2.24) is 14.9 Å². The lowest BCUT2D eigenvalue weighted by atomic mass is 9.96. The van der Waals surface area contributed by atoms with Gasteiger partial charge in [0.25, 0.3) is 0 Å². The maximum Gasteiger partial charge on any atom is 0.227 e. The number of carbonyl (C=O) groups excluding carboxylic acids is 1. The van der Waals surface area contributed by atoms with Crippen LogP contribution in [0, 0.1) is 5.92 Å². The maximum absolute atomic E-state index is 13.0. The predicted octanol–water partition coefficient (Wildman–Crippen LogP) is 2.04. The number of carbonyl (C=O) groups is 1. The molecule has 0 N–H and O–H groups in total. The Hall–Kier alpha value is -2.63. The zero-order chi connectivity index (χ0) is 17.8. The minimum absolute atomic E-state index is 0.0517. The van der Waals surface area contributed by atoms with E-state index in [0.717, 1.165) is 58.1 Å². The summed E-state index contributed by atoms with van der Waals surface area (Å²) < 4.78 is 0. The van der Waals surface area contributed by atoms with Crippen LogP contribution in [-0.4, -0.2) is 60.0 Å². The fraction of sp³-hybridized carbons (Fsp3) is 0.450. The second-order valence-electron chi connectivity index (χ2n) is 6.98. The molecule has 26 heavy (non-hydrogen) atoms. The first-order chi connectivity index (χ1) is 12.8. The van der Waals surface area contributed by atoms with Gasteiger partial charge in [-0.05, 0) is 31.0 Å². The Kier molecular flexibility index (Phi) is 5.00. The number of benzene rings is 1. The number of piperazine rings is 1. The van der Waals surface area contributed by atoms with Gasteiger partial charge in [-0.15, -0.1) is 0 Å². The first-order valence-corrected chi connectivity index (χ1v) is 9.42. The SMILES string of the molecule is O=C(C1CCCN(c2ncccn2)C1)N1CCN(c2ccccc2)CC1. The molecule has 2 fully saturated rings. The van der Waals surface area contributed by atoms with Crippen LogP contribution in [0.5, 0.6) is 0 Å². The normalized spacial score (nSPS) is 20.9. The van der Waals surface area contributed by atoms with Crippen molar-refractivity contribution in [1.29, 1.82) is 0 Å². The quantitative estimate of drug-likeness (QED) is 0.847. The third-order valence-electron chi connectivity index (χ3n) is 5.32. The Bertz CT molecular complexity index is 715. The Balaban J connectivity index is 1.35. The highest BCUT2D eigenvalue weighted by molar-refractivity contribution is 5.80. The van der Waals surface area contributed by atoms with Crippen molar-refractivity contribution in [2.24, 2.45) is 5.92 Å². The van der Waals surface area contributed by atoms with Gasteiger partial charge in [0.2, 0.25) is 11.9 Å². The highest BCUT2D eigenvalue weighted by atomic mass is 16.2. The van der Waals surface area contributed by atoms with E-state index in [1.807, 2.05) is 17.0 Å². The van der Waals surface area contributed by atoms with Gasteiger partial charge in [-0.3, -0.25) is 4.79 Å². The molecule has 0 aliphatic carbocycles. The number of piperidine rings is 1. The van der Waals surface area contributed by atoms with Gasteiger partial charge in [0.05, 0.1) is 5.92 Å². The number of amides is 1. The second-order valence-corrected chi connectivity index (χ2v) is 6.98. The highest BCUT2D eigenvalue weighted by Gasteiger charge is 2.31. The van der Waals surface area contributed by atoms with Crippen LogP contribution in [0.4, 0.5) is 11.6 Å². The molecule has 2 aliphatic heterocycles. The third-order valence-corrected chi connectivity index (χ3v) is 5.32. The monoisotopic (exact) mass is 351 g/mol. The van der Waals surface area contributed by atoms with Crippen LogP contribution >= 0.6 is 0 Å². The van der Waals surface area contributed by atoms with Crippen molar-refractivity contribution in [2.45, 2.75) is 12.8 Å². The van der Waals surface area contributed by atoms with Gasteiger partial charge in [0.15, 0.2) is 0 Å². The number of hydrogen-bond acceptors (Lipinski definition) is 5. The van der Waals surface area contributed by atoms with Crippen LogP contribution in [0.15, 0.2) is 48.8 Å². The van der Waals surface area contributed by atoms with E-state index in [1.165, 1.54) is 5.69 Å². The minimum Gasteiger partial charge on any atom is -0.368 e. The predicted molar refractivity (Wildman–Crippen MR) is 102 cm³/mol. The van der Waals surface area contributed by atoms with E-state index in [9.17, 15) is 4.79 Å². The van der Waals surface area contributed by atoms with E-state index in [4.69, 9.17) is 0 Å². The van der Waals surface area contributed by atoms with Crippen LogP contribution < -0.4 is 9.80 Å². The smallest absolute Gasteiger partial charge is 0.227 e. The highest BCUT2D eigenvalue weighted by Crippen LogP contribution is 2.23. The Labute approximate surface area is 154 Å². The van der Waals surface area contributed by atoms with Gasteiger partial charge in [-0.25, -0.2) is 9.97 Å². The van der Waals surface area contributed by atoms with E-state index in [0.29, 0.717) is 5.91 Å². The van der Waals surface area contributed by atoms with Crippen molar-refractivity contribution in [3.63, 3.8) is 0 Å². The zero-order valence-corrected chi connectivity index (χ0v) is 15.0. The van der Waals surface area contributed by atoms with Crippen molar-refractivity contribution in [3.05, 3.63) is 48.8 Å². The molecule has 0 bridgehead atoms. The summed E-state index contributed by atoms with van der Waals surface area (Å²) in [6.07, 6.45) is 5.49. The number of hydrogen-bond donors (Lipinski definition) is 0. The molecule has 1 aromatic heterocycles. The Morgan fingerprint density at radius 1 is 0.885 bits per heavy atom. The van der Waals surface area contributed by atoms with Crippen molar-refractivity contribution >= 4 is 17.5 Å². The average molecular weight is 351 g/mol. The molecular formula is C20H25N5O. The van der Waals surface area contributed by atoms with Gasteiger partial charge in [0.1, 0.15) is 0 Å². The van der Waals surface area contributed by atoms with E-state index in [-0.39, 0.29) is 5.92 Å². The summed E-state index contributed by atoms with van der Waals surface area (Å²) in [6, 6.07) is 12.3. The molecule has 0 saturated carbocycles. The molecular weight excluding hydrogens is 326 g/mol.